The molecule has 0 aliphatic carbocycles. The third-order valence-electron chi connectivity index (χ3n) is 1.56. The molecule has 0 spiro atoms. The molecule has 0 saturated carbocycles. The molecular formula is C10H17NO2. The highest BCUT2D eigenvalue weighted by Gasteiger charge is 2.06. The molecule has 3 nitrogen and oxygen atoms in total. The van der Waals surface area contributed by atoms with Crippen molar-refractivity contribution in [2.45, 2.75) is 33.1 Å². The van der Waals surface area contributed by atoms with Gasteiger partial charge in [0.1, 0.15) is 5.78 Å². The molecule has 0 aromatic carbocycles. The van der Waals surface area contributed by atoms with Crippen molar-refractivity contribution >= 4 is 17.8 Å². The highest BCUT2D eigenvalue weighted by molar-refractivity contribution is 6.27. The second-order valence-corrected chi connectivity index (χ2v) is 3.49. The number of Topliss-reactive ketones (excluding diaryl/α,β-unsaturated/α-hetero) is 2. The molecule has 3 heteroatoms. The van der Waals surface area contributed by atoms with Crippen LogP contribution in [0.1, 0.15) is 33.1 Å². The minimum atomic E-state index is -0.0698. The summed E-state index contributed by atoms with van der Waals surface area (Å²) in [4.78, 5) is 25.7. The van der Waals surface area contributed by atoms with E-state index in [0.717, 1.165) is 0 Å². The zero-order valence-electron chi connectivity index (χ0n) is 8.54. The van der Waals surface area contributed by atoms with Gasteiger partial charge in [0.05, 0.1) is 6.21 Å². The monoisotopic (exact) mass is 183 g/mol. The predicted octanol–water partition coefficient (Wildman–Crippen LogP) is 1.65. The maximum absolute atomic E-state index is 11.2. The van der Waals surface area contributed by atoms with Gasteiger partial charge in [-0.2, -0.15) is 0 Å². The Hall–Kier alpha value is -0.990. The fraction of sp³-hybridized carbons (Fsp3) is 0.700. The average Bonchev–Trinajstić information content (AvgIpc) is 2.00. The molecule has 0 heterocycles. The Balaban J connectivity index is 3.64. The summed E-state index contributed by atoms with van der Waals surface area (Å²) in [5.74, 6) is 0.468. The molecular weight excluding hydrogens is 166 g/mol. The number of aliphatic imine (C=N–C) groups is 1. The molecule has 0 aromatic heterocycles. The van der Waals surface area contributed by atoms with Crippen molar-refractivity contribution in [2.24, 2.45) is 10.9 Å². The van der Waals surface area contributed by atoms with E-state index in [1.54, 1.807) is 7.05 Å². The van der Waals surface area contributed by atoms with Gasteiger partial charge in [0.25, 0.3) is 0 Å². The zero-order chi connectivity index (χ0) is 10.3. The van der Waals surface area contributed by atoms with E-state index in [2.05, 4.69) is 4.99 Å². The maximum Gasteiger partial charge on any atom is 0.173 e. The summed E-state index contributed by atoms with van der Waals surface area (Å²) in [5, 5.41) is 0. The number of hydrogen-bond acceptors (Lipinski definition) is 3. The highest BCUT2D eigenvalue weighted by atomic mass is 16.1. The zero-order valence-corrected chi connectivity index (χ0v) is 8.54. The van der Waals surface area contributed by atoms with Crippen molar-refractivity contribution in [2.75, 3.05) is 7.05 Å². The van der Waals surface area contributed by atoms with Crippen molar-refractivity contribution in [1.82, 2.24) is 0 Å². The number of rotatable bonds is 6. The first-order valence-electron chi connectivity index (χ1n) is 4.53. The molecule has 0 unspecified atom stereocenters. The molecule has 0 bridgehead atoms. The van der Waals surface area contributed by atoms with Crippen LogP contribution in [0.5, 0.6) is 0 Å². The first-order chi connectivity index (χ1) is 6.06. The number of carbonyl (C=O) groups excluding carboxylic acids is 2. The van der Waals surface area contributed by atoms with Gasteiger partial charge in [-0.3, -0.25) is 14.6 Å². The second kappa shape index (κ2) is 6.52. The van der Waals surface area contributed by atoms with Crippen LogP contribution < -0.4 is 0 Å². The summed E-state index contributed by atoms with van der Waals surface area (Å²) in [6.07, 6.45) is 2.48. The van der Waals surface area contributed by atoms with Crippen LogP contribution in [0.4, 0.5) is 0 Å². The molecule has 0 amide bonds. The van der Waals surface area contributed by atoms with Gasteiger partial charge in [0, 0.05) is 26.3 Å². The lowest BCUT2D eigenvalue weighted by Crippen LogP contribution is -2.07. The standard InChI is InChI=1S/C10H17NO2/c1-8(2)6-9(12)4-5-10(13)7-11-3/h7-8H,4-6H2,1-3H3. The van der Waals surface area contributed by atoms with E-state index in [1.165, 1.54) is 6.21 Å². The SMILES string of the molecule is CN=CC(=O)CCC(=O)CC(C)C. The minimum absolute atomic E-state index is 0.0698. The maximum atomic E-state index is 11.2. The van der Waals surface area contributed by atoms with Crippen molar-refractivity contribution in [1.29, 1.82) is 0 Å². The Kier molecular flexibility index (Phi) is 6.02. The van der Waals surface area contributed by atoms with Gasteiger partial charge in [-0.25, -0.2) is 0 Å². The lowest BCUT2D eigenvalue weighted by Gasteiger charge is -2.01. The molecule has 0 radical (unpaired) electrons. The van der Waals surface area contributed by atoms with E-state index < -0.39 is 0 Å². The third kappa shape index (κ3) is 7.37. The molecule has 0 N–H and O–H groups in total. The molecule has 0 fully saturated rings. The second-order valence-electron chi connectivity index (χ2n) is 3.49. The van der Waals surface area contributed by atoms with Crippen LogP contribution in [-0.4, -0.2) is 24.8 Å². The number of nitrogens with zero attached hydrogens (tertiary/aromatic N) is 1. The largest absolute Gasteiger partial charge is 0.300 e. The normalized spacial score (nSPS) is 11.1. The van der Waals surface area contributed by atoms with E-state index in [-0.39, 0.29) is 11.6 Å². The first kappa shape index (κ1) is 12.0. The van der Waals surface area contributed by atoms with Crippen molar-refractivity contribution in [3.8, 4) is 0 Å². The molecule has 0 aromatic rings. The fourth-order valence-corrected chi connectivity index (χ4v) is 1.03. The lowest BCUT2D eigenvalue weighted by atomic mass is 10.0. The summed E-state index contributed by atoms with van der Waals surface area (Å²) in [6.45, 7) is 3.99. The van der Waals surface area contributed by atoms with E-state index >= 15 is 0 Å². The first-order valence-corrected chi connectivity index (χ1v) is 4.53. The third-order valence-corrected chi connectivity index (χ3v) is 1.56. The van der Waals surface area contributed by atoms with Crippen LogP contribution in [0.25, 0.3) is 0 Å². The van der Waals surface area contributed by atoms with Crippen molar-refractivity contribution in [3.63, 3.8) is 0 Å². The Bertz CT molecular complexity index is 207. The van der Waals surface area contributed by atoms with E-state index in [4.69, 9.17) is 0 Å². The smallest absolute Gasteiger partial charge is 0.173 e. The van der Waals surface area contributed by atoms with Crippen LogP contribution in [-0.2, 0) is 9.59 Å². The molecule has 0 aliphatic heterocycles. The Morgan fingerprint density at radius 3 is 2.38 bits per heavy atom. The summed E-state index contributed by atoms with van der Waals surface area (Å²) < 4.78 is 0. The van der Waals surface area contributed by atoms with Crippen molar-refractivity contribution < 1.29 is 9.59 Å². The van der Waals surface area contributed by atoms with Crippen LogP contribution in [0.15, 0.2) is 4.99 Å². The Morgan fingerprint density at radius 2 is 1.92 bits per heavy atom. The molecule has 0 saturated heterocycles. The molecule has 0 atom stereocenters. The van der Waals surface area contributed by atoms with Gasteiger partial charge < -0.3 is 0 Å². The summed E-state index contributed by atoms with van der Waals surface area (Å²) in [5.41, 5.74) is 0. The summed E-state index contributed by atoms with van der Waals surface area (Å²) in [6, 6.07) is 0. The topological polar surface area (TPSA) is 46.5 Å². The van der Waals surface area contributed by atoms with Crippen LogP contribution in [0.2, 0.25) is 0 Å². The Labute approximate surface area is 79.2 Å². The fourth-order valence-electron chi connectivity index (χ4n) is 1.03. The molecule has 13 heavy (non-hydrogen) atoms. The van der Waals surface area contributed by atoms with Gasteiger partial charge in [-0.05, 0) is 5.92 Å². The Morgan fingerprint density at radius 1 is 1.31 bits per heavy atom. The number of ketones is 2. The van der Waals surface area contributed by atoms with Gasteiger partial charge in [0.15, 0.2) is 5.78 Å². The van der Waals surface area contributed by atoms with E-state index in [9.17, 15) is 9.59 Å². The van der Waals surface area contributed by atoms with Gasteiger partial charge in [0.2, 0.25) is 0 Å². The van der Waals surface area contributed by atoms with Gasteiger partial charge >= 0.3 is 0 Å². The minimum Gasteiger partial charge on any atom is -0.300 e. The van der Waals surface area contributed by atoms with E-state index in [0.29, 0.717) is 25.2 Å². The highest BCUT2D eigenvalue weighted by Crippen LogP contribution is 2.04. The summed E-state index contributed by atoms with van der Waals surface area (Å²) >= 11 is 0. The average molecular weight is 183 g/mol. The van der Waals surface area contributed by atoms with Gasteiger partial charge in [-0.15, -0.1) is 0 Å². The van der Waals surface area contributed by atoms with Crippen LogP contribution >= 0.6 is 0 Å². The summed E-state index contributed by atoms with van der Waals surface area (Å²) in [7, 11) is 1.55. The van der Waals surface area contributed by atoms with E-state index in [1.807, 2.05) is 13.8 Å². The van der Waals surface area contributed by atoms with Crippen molar-refractivity contribution in [3.05, 3.63) is 0 Å². The quantitative estimate of drug-likeness (QED) is 0.588. The molecule has 0 aliphatic rings. The molecule has 74 valence electrons. The lowest BCUT2D eigenvalue weighted by molar-refractivity contribution is -0.122. The van der Waals surface area contributed by atoms with Crippen LogP contribution in [0.3, 0.4) is 0 Å². The van der Waals surface area contributed by atoms with Crippen LogP contribution in [0, 0.1) is 5.92 Å². The molecule has 0 rings (SSSR count). The van der Waals surface area contributed by atoms with Gasteiger partial charge in [-0.1, -0.05) is 13.8 Å². The number of hydrogen-bond donors (Lipinski definition) is 0. The number of carbonyl (C=O) groups is 2. The predicted molar refractivity (Wildman–Crippen MR) is 53.1 cm³/mol.